The van der Waals surface area contributed by atoms with E-state index in [4.69, 9.17) is 9.47 Å². The number of hydrogen-bond acceptors (Lipinski definition) is 4. The number of aryl methyl sites for hydroxylation is 1. The van der Waals surface area contributed by atoms with Gasteiger partial charge in [0.2, 0.25) is 5.88 Å². The Morgan fingerprint density at radius 2 is 2.00 bits per heavy atom. The fourth-order valence-corrected chi connectivity index (χ4v) is 4.93. The largest absolute Gasteiger partial charge is 0.477 e. The van der Waals surface area contributed by atoms with Crippen LogP contribution >= 0.6 is 15.9 Å². The van der Waals surface area contributed by atoms with E-state index in [2.05, 4.69) is 20.9 Å². The Balaban J connectivity index is 1.13. The molecule has 2 aromatic rings. The summed E-state index contributed by atoms with van der Waals surface area (Å²) in [6.07, 6.45) is 6.13. The van der Waals surface area contributed by atoms with Crippen LogP contribution in [0.3, 0.4) is 0 Å². The molecule has 1 aliphatic heterocycles. The molecule has 1 aromatic carbocycles. The van der Waals surface area contributed by atoms with Crippen molar-refractivity contribution in [2.75, 3.05) is 19.7 Å². The van der Waals surface area contributed by atoms with E-state index in [-0.39, 0.29) is 6.09 Å². The first-order valence-corrected chi connectivity index (χ1v) is 11.6. The number of halogens is 1. The van der Waals surface area contributed by atoms with Gasteiger partial charge in [0, 0.05) is 29.3 Å². The zero-order valence-corrected chi connectivity index (χ0v) is 19.0. The average Bonchev–Trinajstić information content (AvgIpc) is 3.54. The molecule has 1 aromatic heterocycles. The van der Waals surface area contributed by atoms with Gasteiger partial charge in [-0.25, -0.2) is 9.78 Å². The lowest BCUT2D eigenvalue weighted by Crippen LogP contribution is -2.39. The number of benzene rings is 1. The number of hydrogen-bond donors (Lipinski definition) is 0. The van der Waals surface area contributed by atoms with Crippen molar-refractivity contribution in [3.63, 3.8) is 0 Å². The molecule has 30 heavy (non-hydrogen) atoms. The highest BCUT2D eigenvalue weighted by molar-refractivity contribution is 9.10. The van der Waals surface area contributed by atoms with Gasteiger partial charge in [0.15, 0.2) is 0 Å². The molecule has 0 bridgehead atoms. The van der Waals surface area contributed by atoms with Gasteiger partial charge in [0.05, 0.1) is 6.61 Å². The number of amides is 1. The molecule has 1 aliphatic carbocycles. The lowest BCUT2D eigenvalue weighted by molar-refractivity contribution is 0.0796. The second kappa shape index (κ2) is 9.82. The summed E-state index contributed by atoms with van der Waals surface area (Å²) in [6.45, 7) is 4.70. The smallest absolute Gasteiger partial charge is 0.410 e. The van der Waals surface area contributed by atoms with E-state index in [9.17, 15) is 4.79 Å². The summed E-state index contributed by atoms with van der Waals surface area (Å²) in [4.78, 5) is 18.5. The number of aromatic nitrogens is 1. The summed E-state index contributed by atoms with van der Waals surface area (Å²) in [5.41, 5.74) is 2.08. The van der Waals surface area contributed by atoms with Crippen LogP contribution in [0, 0.1) is 24.7 Å². The van der Waals surface area contributed by atoms with Crippen LogP contribution in [-0.2, 0) is 11.3 Å². The highest BCUT2D eigenvalue weighted by atomic mass is 79.9. The Bertz CT molecular complexity index is 853. The van der Waals surface area contributed by atoms with Gasteiger partial charge in [-0.15, -0.1) is 0 Å². The van der Waals surface area contributed by atoms with E-state index in [0.29, 0.717) is 6.61 Å². The van der Waals surface area contributed by atoms with Crippen LogP contribution in [-0.4, -0.2) is 35.7 Å². The van der Waals surface area contributed by atoms with Crippen molar-refractivity contribution < 1.29 is 14.3 Å². The van der Waals surface area contributed by atoms with Gasteiger partial charge in [0.25, 0.3) is 0 Å². The van der Waals surface area contributed by atoms with Gasteiger partial charge < -0.3 is 14.4 Å². The second-order valence-corrected chi connectivity index (χ2v) is 9.35. The SMILES string of the molecule is Cc1cc(Br)cnc1OCCC1CC1C1CCN(C(=O)OCc2ccccc2)CC1. The van der Waals surface area contributed by atoms with Crippen molar-refractivity contribution in [1.29, 1.82) is 0 Å². The minimum Gasteiger partial charge on any atom is -0.477 e. The maximum Gasteiger partial charge on any atom is 0.410 e. The van der Waals surface area contributed by atoms with E-state index in [1.54, 1.807) is 6.20 Å². The van der Waals surface area contributed by atoms with E-state index < -0.39 is 0 Å². The number of carbonyl (C=O) groups is 1. The predicted molar refractivity (Wildman–Crippen MR) is 119 cm³/mol. The highest BCUT2D eigenvalue weighted by Crippen LogP contribution is 2.49. The van der Waals surface area contributed by atoms with Crippen LogP contribution in [0.1, 0.15) is 36.8 Å². The number of rotatable bonds is 7. The maximum absolute atomic E-state index is 12.3. The molecule has 5 nitrogen and oxygen atoms in total. The van der Waals surface area contributed by atoms with E-state index >= 15 is 0 Å². The first-order chi connectivity index (χ1) is 14.6. The Labute approximate surface area is 186 Å². The number of piperidine rings is 1. The van der Waals surface area contributed by atoms with Crippen LogP contribution in [0.25, 0.3) is 0 Å². The number of ether oxygens (including phenoxy) is 2. The molecule has 1 saturated heterocycles. The number of likely N-dealkylation sites (tertiary alicyclic amines) is 1. The molecule has 1 saturated carbocycles. The van der Waals surface area contributed by atoms with Crippen molar-refractivity contribution in [3.05, 3.63) is 58.2 Å². The van der Waals surface area contributed by atoms with Gasteiger partial charge in [-0.3, -0.25) is 0 Å². The molecule has 0 radical (unpaired) electrons. The van der Waals surface area contributed by atoms with Crippen molar-refractivity contribution in [2.24, 2.45) is 17.8 Å². The van der Waals surface area contributed by atoms with Crippen LogP contribution in [0.5, 0.6) is 5.88 Å². The van der Waals surface area contributed by atoms with E-state index in [1.807, 2.05) is 48.2 Å². The zero-order valence-electron chi connectivity index (χ0n) is 17.4. The Hall–Kier alpha value is -2.08. The molecule has 6 heteroatoms. The van der Waals surface area contributed by atoms with Gasteiger partial charge in [0.1, 0.15) is 6.61 Å². The van der Waals surface area contributed by atoms with Crippen molar-refractivity contribution in [2.45, 2.75) is 39.2 Å². The van der Waals surface area contributed by atoms with Crippen molar-refractivity contribution >= 4 is 22.0 Å². The number of nitrogens with zero attached hydrogens (tertiary/aromatic N) is 2. The maximum atomic E-state index is 12.3. The van der Waals surface area contributed by atoms with Crippen LogP contribution in [0.2, 0.25) is 0 Å². The molecular weight excluding hydrogens is 444 g/mol. The Morgan fingerprint density at radius 1 is 1.23 bits per heavy atom. The lowest BCUT2D eigenvalue weighted by Gasteiger charge is -2.31. The quantitative estimate of drug-likeness (QED) is 0.525. The summed E-state index contributed by atoms with van der Waals surface area (Å²) in [6, 6.07) is 11.9. The fraction of sp³-hybridized carbons (Fsp3) is 0.500. The van der Waals surface area contributed by atoms with Crippen molar-refractivity contribution in [1.82, 2.24) is 9.88 Å². The molecule has 1 amide bonds. The molecule has 0 spiro atoms. The van der Waals surface area contributed by atoms with Gasteiger partial charge in [-0.2, -0.15) is 0 Å². The highest BCUT2D eigenvalue weighted by Gasteiger charge is 2.43. The molecule has 2 atom stereocenters. The third-order valence-corrected chi connectivity index (χ3v) is 6.74. The summed E-state index contributed by atoms with van der Waals surface area (Å²) in [7, 11) is 0. The summed E-state index contributed by atoms with van der Waals surface area (Å²) >= 11 is 3.43. The molecule has 2 unspecified atom stereocenters. The van der Waals surface area contributed by atoms with Crippen LogP contribution in [0.15, 0.2) is 47.1 Å². The Kier molecular flexibility index (Phi) is 6.93. The minimum atomic E-state index is -0.185. The average molecular weight is 473 g/mol. The van der Waals surface area contributed by atoms with Crippen LogP contribution in [0.4, 0.5) is 4.79 Å². The van der Waals surface area contributed by atoms with Crippen molar-refractivity contribution in [3.8, 4) is 5.88 Å². The molecule has 4 rings (SSSR count). The van der Waals surface area contributed by atoms with Crippen LogP contribution < -0.4 is 4.74 Å². The molecule has 0 N–H and O–H groups in total. The standard InChI is InChI=1S/C24H29BrN2O3/c1-17-13-21(25)15-26-23(17)29-12-9-20-14-22(20)19-7-10-27(11-8-19)24(28)30-16-18-5-3-2-4-6-18/h2-6,13,15,19-20,22H,7-12,14,16H2,1H3. The lowest BCUT2D eigenvalue weighted by atomic mass is 9.91. The van der Waals surface area contributed by atoms with Gasteiger partial charge >= 0.3 is 6.09 Å². The first kappa shape index (κ1) is 21.2. The number of pyridine rings is 1. The van der Waals surface area contributed by atoms with E-state index in [1.165, 1.54) is 6.42 Å². The zero-order chi connectivity index (χ0) is 20.9. The monoisotopic (exact) mass is 472 g/mol. The summed E-state index contributed by atoms with van der Waals surface area (Å²) < 4.78 is 12.3. The number of carbonyl (C=O) groups excluding carboxylic acids is 1. The third kappa shape index (κ3) is 5.54. The van der Waals surface area contributed by atoms with Gasteiger partial charge in [-0.1, -0.05) is 30.3 Å². The molecule has 2 heterocycles. The third-order valence-electron chi connectivity index (χ3n) is 6.31. The summed E-state index contributed by atoms with van der Waals surface area (Å²) in [5.74, 6) is 3.00. The molecule has 160 valence electrons. The molecule has 2 aliphatic rings. The minimum absolute atomic E-state index is 0.185. The normalized spacial score (nSPS) is 21.3. The molecule has 2 fully saturated rings. The predicted octanol–water partition coefficient (Wildman–Crippen LogP) is 5.61. The summed E-state index contributed by atoms with van der Waals surface area (Å²) in [5, 5.41) is 0. The first-order valence-electron chi connectivity index (χ1n) is 10.8. The topological polar surface area (TPSA) is 51.7 Å². The Morgan fingerprint density at radius 3 is 2.73 bits per heavy atom. The molecular formula is C24H29BrN2O3. The van der Waals surface area contributed by atoms with Gasteiger partial charge in [-0.05, 0) is 77.9 Å². The second-order valence-electron chi connectivity index (χ2n) is 8.44. The fourth-order valence-electron chi connectivity index (χ4n) is 4.49. The van der Waals surface area contributed by atoms with E-state index in [0.717, 1.165) is 78.2 Å².